The highest BCUT2D eigenvalue weighted by Gasteiger charge is 2.28. The highest BCUT2D eigenvalue weighted by atomic mass is 35.5. The van der Waals surface area contributed by atoms with E-state index in [0.717, 1.165) is 38.4 Å². The molecule has 0 aromatic carbocycles. The second-order valence-corrected chi connectivity index (χ2v) is 5.03. The van der Waals surface area contributed by atoms with Crippen LogP contribution in [0.25, 0.3) is 0 Å². The van der Waals surface area contributed by atoms with Crippen LogP contribution in [0.2, 0.25) is 5.02 Å². The van der Waals surface area contributed by atoms with Crippen LogP contribution in [0, 0.1) is 0 Å². The number of hydrogen-bond donors (Lipinski definition) is 2. The van der Waals surface area contributed by atoms with E-state index < -0.39 is 0 Å². The molecule has 2 heterocycles. The minimum atomic E-state index is 0.394. The number of rotatable bonds is 5. The van der Waals surface area contributed by atoms with Gasteiger partial charge in [0.1, 0.15) is 5.02 Å². The molecule has 3 N–H and O–H groups in total. The monoisotopic (exact) mass is 284 g/mol. The van der Waals surface area contributed by atoms with Crippen LogP contribution in [0.15, 0.2) is 6.20 Å². The molecule has 0 aliphatic carbocycles. The molecule has 6 nitrogen and oxygen atoms in total. The number of nitrogens with zero attached hydrogens (tertiary/aromatic N) is 4. The van der Waals surface area contributed by atoms with Crippen LogP contribution in [-0.4, -0.2) is 47.1 Å². The maximum Gasteiger partial charge on any atom is 0.239 e. The highest BCUT2D eigenvalue weighted by molar-refractivity contribution is 6.32. The second-order valence-electron chi connectivity index (χ2n) is 4.62. The summed E-state index contributed by atoms with van der Waals surface area (Å²) in [4.78, 5) is 13.0. The molecule has 1 aromatic rings. The van der Waals surface area contributed by atoms with Gasteiger partial charge in [-0.25, -0.2) is 10.8 Å². The predicted octanol–water partition coefficient (Wildman–Crippen LogP) is 1.34. The number of hydrazine groups is 1. The zero-order valence-electron chi connectivity index (χ0n) is 11.4. The number of nitrogens with two attached hydrogens (primary N) is 1. The van der Waals surface area contributed by atoms with Gasteiger partial charge >= 0.3 is 0 Å². The van der Waals surface area contributed by atoms with Crippen LogP contribution in [0.4, 0.5) is 11.8 Å². The van der Waals surface area contributed by atoms with Crippen LogP contribution < -0.4 is 16.2 Å². The average Bonchev–Trinajstić information content (AvgIpc) is 2.90. The molecule has 106 valence electrons. The fourth-order valence-corrected chi connectivity index (χ4v) is 2.83. The standard InChI is InChI=1S/C12H21ClN6/c1-3-18(4-2)9-5-6-19(8-9)11-10(13)7-15-12(16-11)17-14/h7,9H,3-6,8,14H2,1-2H3,(H,15,16,17). The van der Waals surface area contributed by atoms with E-state index in [4.69, 9.17) is 17.4 Å². The molecule has 1 aliphatic heterocycles. The molecule has 0 amide bonds. The lowest BCUT2D eigenvalue weighted by Crippen LogP contribution is -2.37. The van der Waals surface area contributed by atoms with Crippen molar-refractivity contribution in [2.75, 3.05) is 36.5 Å². The van der Waals surface area contributed by atoms with Crippen LogP contribution >= 0.6 is 11.6 Å². The number of halogens is 1. The molecule has 1 unspecified atom stereocenters. The van der Waals surface area contributed by atoms with Crippen molar-refractivity contribution in [3.63, 3.8) is 0 Å². The lowest BCUT2D eigenvalue weighted by Gasteiger charge is -2.26. The molecule has 19 heavy (non-hydrogen) atoms. The number of hydrogen-bond acceptors (Lipinski definition) is 6. The van der Waals surface area contributed by atoms with Crippen LogP contribution in [0.3, 0.4) is 0 Å². The Kier molecular flexibility index (Phi) is 4.79. The summed E-state index contributed by atoms with van der Waals surface area (Å²) in [7, 11) is 0. The molecular weight excluding hydrogens is 264 g/mol. The molecule has 0 saturated carbocycles. The minimum absolute atomic E-state index is 0.394. The van der Waals surface area contributed by atoms with Crippen molar-refractivity contribution in [3.8, 4) is 0 Å². The number of nitrogen functional groups attached to an aromatic ring is 1. The fourth-order valence-electron chi connectivity index (χ4n) is 2.62. The lowest BCUT2D eigenvalue weighted by molar-refractivity contribution is 0.232. The van der Waals surface area contributed by atoms with E-state index in [1.807, 2.05) is 0 Å². The summed E-state index contributed by atoms with van der Waals surface area (Å²) < 4.78 is 0. The Hall–Kier alpha value is -1.11. The summed E-state index contributed by atoms with van der Waals surface area (Å²) in [6.45, 7) is 8.44. The minimum Gasteiger partial charge on any atom is -0.354 e. The molecule has 0 bridgehead atoms. The van der Waals surface area contributed by atoms with Gasteiger partial charge in [0, 0.05) is 19.1 Å². The Morgan fingerprint density at radius 3 is 2.89 bits per heavy atom. The molecule has 0 spiro atoms. The van der Waals surface area contributed by atoms with E-state index in [2.05, 4.69) is 39.0 Å². The highest BCUT2D eigenvalue weighted by Crippen LogP contribution is 2.28. The first-order valence-electron chi connectivity index (χ1n) is 6.67. The molecule has 1 atom stereocenters. The van der Waals surface area contributed by atoms with Crippen molar-refractivity contribution in [1.82, 2.24) is 14.9 Å². The SMILES string of the molecule is CCN(CC)C1CCN(c2nc(NN)ncc2Cl)C1. The van der Waals surface area contributed by atoms with Gasteiger partial charge in [-0.2, -0.15) is 4.98 Å². The third-order valence-electron chi connectivity index (χ3n) is 3.65. The first kappa shape index (κ1) is 14.3. The van der Waals surface area contributed by atoms with E-state index in [1.165, 1.54) is 0 Å². The van der Waals surface area contributed by atoms with E-state index >= 15 is 0 Å². The number of aromatic nitrogens is 2. The summed E-state index contributed by atoms with van der Waals surface area (Å²) in [5.74, 6) is 6.50. The van der Waals surface area contributed by atoms with Gasteiger partial charge in [-0.05, 0) is 19.5 Å². The Labute approximate surface area is 118 Å². The third kappa shape index (κ3) is 3.08. The van der Waals surface area contributed by atoms with Gasteiger partial charge < -0.3 is 4.90 Å². The van der Waals surface area contributed by atoms with Crippen molar-refractivity contribution in [2.45, 2.75) is 26.3 Å². The largest absolute Gasteiger partial charge is 0.354 e. The van der Waals surface area contributed by atoms with E-state index in [9.17, 15) is 0 Å². The quantitative estimate of drug-likeness (QED) is 0.628. The van der Waals surface area contributed by atoms with Crippen molar-refractivity contribution >= 4 is 23.4 Å². The van der Waals surface area contributed by atoms with Gasteiger partial charge in [0.05, 0.1) is 6.20 Å². The zero-order chi connectivity index (χ0) is 13.8. The molecule has 1 fully saturated rings. The summed E-state index contributed by atoms with van der Waals surface area (Å²) in [6.07, 6.45) is 2.72. The second kappa shape index (κ2) is 6.36. The molecule has 7 heteroatoms. The first-order chi connectivity index (χ1) is 9.19. The molecule has 1 saturated heterocycles. The van der Waals surface area contributed by atoms with E-state index in [1.54, 1.807) is 6.20 Å². The Bertz CT molecular complexity index is 423. The van der Waals surface area contributed by atoms with Crippen molar-refractivity contribution in [1.29, 1.82) is 0 Å². The molecule has 2 rings (SSSR count). The summed E-state index contributed by atoms with van der Waals surface area (Å²) in [5, 5.41) is 0.569. The maximum atomic E-state index is 6.18. The lowest BCUT2D eigenvalue weighted by atomic mass is 10.2. The number of likely N-dealkylation sites (N-methyl/N-ethyl adjacent to an activating group) is 1. The van der Waals surface area contributed by atoms with Gasteiger partial charge in [0.2, 0.25) is 5.95 Å². The normalized spacial score (nSPS) is 19.2. The molecular formula is C12H21ClN6. The van der Waals surface area contributed by atoms with Crippen LogP contribution in [0.1, 0.15) is 20.3 Å². The molecule has 1 aromatic heterocycles. The Balaban J connectivity index is 2.12. The third-order valence-corrected chi connectivity index (χ3v) is 3.91. The number of anilines is 2. The summed E-state index contributed by atoms with van der Waals surface area (Å²) in [6, 6.07) is 0.565. The van der Waals surface area contributed by atoms with Gasteiger partial charge in [-0.3, -0.25) is 10.3 Å². The van der Waals surface area contributed by atoms with E-state index in [0.29, 0.717) is 17.0 Å². The number of nitrogens with one attached hydrogen (secondary N) is 1. The van der Waals surface area contributed by atoms with Gasteiger partial charge in [0.15, 0.2) is 5.82 Å². The van der Waals surface area contributed by atoms with Crippen molar-refractivity contribution in [3.05, 3.63) is 11.2 Å². The summed E-state index contributed by atoms with van der Waals surface area (Å²) >= 11 is 6.18. The van der Waals surface area contributed by atoms with Crippen molar-refractivity contribution in [2.24, 2.45) is 5.84 Å². The Morgan fingerprint density at radius 1 is 1.53 bits per heavy atom. The Morgan fingerprint density at radius 2 is 2.26 bits per heavy atom. The fraction of sp³-hybridized carbons (Fsp3) is 0.667. The predicted molar refractivity (Wildman–Crippen MR) is 78.4 cm³/mol. The topological polar surface area (TPSA) is 70.3 Å². The van der Waals surface area contributed by atoms with Gasteiger partial charge in [-0.15, -0.1) is 0 Å². The first-order valence-corrected chi connectivity index (χ1v) is 7.05. The molecule has 0 radical (unpaired) electrons. The van der Waals surface area contributed by atoms with Crippen LogP contribution in [-0.2, 0) is 0 Å². The van der Waals surface area contributed by atoms with Gasteiger partial charge in [-0.1, -0.05) is 25.4 Å². The molecule has 1 aliphatic rings. The van der Waals surface area contributed by atoms with Gasteiger partial charge in [0.25, 0.3) is 0 Å². The van der Waals surface area contributed by atoms with Crippen LogP contribution in [0.5, 0.6) is 0 Å². The van der Waals surface area contributed by atoms with E-state index in [-0.39, 0.29) is 0 Å². The zero-order valence-corrected chi connectivity index (χ0v) is 12.2. The summed E-state index contributed by atoms with van der Waals surface area (Å²) in [5.41, 5.74) is 2.46. The van der Waals surface area contributed by atoms with Crippen molar-refractivity contribution < 1.29 is 0 Å². The maximum absolute atomic E-state index is 6.18. The smallest absolute Gasteiger partial charge is 0.239 e. The average molecular weight is 285 g/mol.